The predicted octanol–water partition coefficient (Wildman–Crippen LogP) is 17.4. The van der Waals surface area contributed by atoms with Gasteiger partial charge in [0.2, 0.25) is 0 Å². The average molecular weight is 996 g/mol. The summed E-state index contributed by atoms with van der Waals surface area (Å²) >= 11 is 0. The average Bonchev–Trinajstić information content (AvgIpc) is 4.08. The fraction of sp³-hybridized carbons (Fsp3) is 0.300. The van der Waals surface area contributed by atoms with Crippen molar-refractivity contribution in [1.82, 2.24) is 9.55 Å². The second-order valence-corrected chi connectivity index (χ2v) is 26.4. The highest BCUT2D eigenvalue weighted by Crippen LogP contribution is 2.56. The largest absolute Gasteiger partial charge is 0.458 e. The molecule has 0 aliphatic carbocycles. The van der Waals surface area contributed by atoms with E-state index in [4.69, 9.17) is 14.1 Å². The molecular weight excluding hydrogens is 926 g/mol. The second-order valence-electron chi connectivity index (χ2n) is 26.4. The third-order valence-corrected chi connectivity index (χ3v) is 17.2. The topological polar surface area (TPSA) is 43.4 Å². The summed E-state index contributed by atoms with van der Waals surface area (Å²) in [7, 11) is 0. The van der Waals surface area contributed by atoms with Gasteiger partial charge in [0.15, 0.2) is 0 Å². The van der Waals surface area contributed by atoms with E-state index in [9.17, 15) is 0 Å². The predicted molar refractivity (Wildman–Crippen MR) is 321 cm³/mol. The zero-order valence-electron chi connectivity index (χ0n) is 47.2. The van der Waals surface area contributed by atoms with E-state index in [2.05, 4.69) is 253 Å². The Morgan fingerprint density at radius 2 is 1.12 bits per heavy atom. The van der Waals surface area contributed by atoms with Gasteiger partial charge in [0.1, 0.15) is 28.5 Å². The maximum absolute atomic E-state index is 7.43. The van der Waals surface area contributed by atoms with Crippen LogP contribution in [0.15, 0.2) is 144 Å². The van der Waals surface area contributed by atoms with E-state index in [1.165, 1.54) is 72.4 Å². The number of imidazole rings is 1. The normalized spacial score (nSPS) is 14.6. The first-order valence-corrected chi connectivity index (χ1v) is 27.7. The lowest BCUT2D eigenvalue weighted by atomic mass is 9.33. The molecule has 0 radical (unpaired) electrons. The number of rotatable bonds is 5. The fourth-order valence-electron chi connectivity index (χ4n) is 12.9. The molecule has 3 aliphatic heterocycles. The van der Waals surface area contributed by atoms with E-state index >= 15 is 0 Å². The van der Waals surface area contributed by atoms with E-state index in [0.29, 0.717) is 11.8 Å². The van der Waals surface area contributed by atoms with Crippen molar-refractivity contribution in [2.45, 2.75) is 137 Å². The molecule has 13 rings (SSSR count). The van der Waals surface area contributed by atoms with E-state index in [0.717, 1.165) is 72.7 Å². The highest BCUT2D eigenvalue weighted by molar-refractivity contribution is 6.99. The molecule has 0 fully saturated rings. The summed E-state index contributed by atoms with van der Waals surface area (Å²) in [6.07, 6.45) is 0. The Hall–Kier alpha value is -7.31. The zero-order valence-corrected chi connectivity index (χ0v) is 47.2. The first-order chi connectivity index (χ1) is 36.0. The standard InChI is InChI=1S/C70H70BN3O2/c1-39(2)45-21-18-22-46(40(3)4)62(45)74-57-28-17-16-27-55(57)72-66(74)50-26-20-25-49-48-24-19-23-47(64(48)76-65(49)50)41-33-58-61-60(34-41)75-59-32-30-43(68(8,9)10)37-53(59)71(61)54-38-44(69(11,12)13)36-52-63(54)73(58)56-31-29-42(67(5,6)7)35-51(56)70(52,14)15/h16-40H,1-15H3. The fourth-order valence-corrected chi connectivity index (χ4v) is 12.9. The Balaban J connectivity index is 1.08. The summed E-state index contributed by atoms with van der Waals surface area (Å²) in [6, 6.07) is 52.5. The maximum atomic E-state index is 7.43. The molecule has 3 aliphatic rings. The van der Waals surface area contributed by atoms with Crippen LogP contribution in [0.1, 0.15) is 155 Å². The van der Waals surface area contributed by atoms with Gasteiger partial charge in [-0.3, -0.25) is 4.57 Å². The summed E-state index contributed by atoms with van der Waals surface area (Å²) < 4.78 is 17.2. The number of para-hydroxylation sites is 5. The molecule has 0 saturated heterocycles. The van der Waals surface area contributed by atoms with Crippen LogP contribution in [-0.4, -0.2) is 16.3 Å². The lowest BCUT2D eigenvalue weighted by Gasteiger charge is -2.49. The molecular formula is C70H70BN3O2. The number of anilines is 3. The zero-order chi connectivity index (χ0) is 53.3. The lowest BCUT2D eigenvalue weighted by Crippen LogP contribution is -2.61. The van der Waals surface area contributed by atoms with E-state index < -0.39 is 0 Å². The molecule has 0 amide bonds. The first kappa shape index (κ1) is 48.3. The van der Waals surface area contributed by atoms with Gasteiger partial charge < -0.3 is 14.1 Å². The molecule has 0 atom stereocenters. The van der Waals surface area contributed by atoms with Gasteiger partial charge in [-0.05, 0) is 131 Å². The quantitative estimate of drug-likeness (QED) is 0.161. The number of hydrogen-bond acceptors (Lipinski definition) is 4. The molecule has 380 valence electrons. The van der Waals surface area contributed by atoms with Gasteiger partial charge in [0, 0.05) is 33.1 Å². The third-order valence-electron chi connectivity index (χ3n) is 17.2. The highest BCUT2D eigenvalue weighted by atomic mass is 16.5. The molecule has 0 spiro atoms. The second kappa shape index (κ2) is 16.4. The van der Waals surface area contributed by atoms with Gasteiger partial charge in [-0.15, -0.1) is 0 Å². The summed E-state index contributed by atoms with van der Waals surface area (Å²) in [5, 5.41) is 2.12. The van der Waals surface area contributed by atoms with Crippen LogP contribution in [0.4, 0.5) is 17.1 Å². The molecule has 10 aromatic rings. The summed E-state index contributed by atoms with van der Waals surface area (Å²) in [5.74, 6) is 3.27. The van der Waals surface area contributed by atoms with Crippen LogP contribution in [0.3, 0.4) is 0 Å². The van der Waals surface area contributed by atoms with Crippen LogP contribution in [0, 0.1) is 0 Å². The van der Waals surface area contributed by atoms with Gasteiger partial charge in [-0.2, -0.15) is 0 Å². The van der Waals surface area contributed by atoms with Crippen LogP contribution in [-0.2, 0) is 21.7 Å². The maximum Gasteiger partial charge on any atom is 0.256 e. The Morgan fingerprint density at radius 1 is 0.526 bits per heavy atom. The molecule has 2 aromatic heterocycles. The molecule has 5 nitrogen and oxygen atoms in total. The minimum atomic E-state index is -0.289. The van der Waals surface area contributed by atoms with Crippen molar-refractivity contribution in [3.63, 3.8) is 0 Å². The van der Waals surface area contributed by atoms with Crippen molar-refractivity contribution in [3.05, 3.63) is 178 Å². The van der Waals surface area contributed by atoms with E-state index in [1.807, 2.05) is 0 Å². The molecule has 0 N–H and O–H groups in total. The number of ether oxygens (including phenoxy) is 1. The summed E-state index contributed by atoms with van der Waals surface area (Å²) in [4.78, 5) is 8.08. The van der Waals surface area contributed by atoms with Crippen molar-refractivity contribution < 1.29 is 9.15 Å². The van der Waals surface area contributed by atoms with Crippen LogP contribution in [0.2, 0.25) is 0 Å². The Morgan fingerprint density at radius 3 is 1.79 bits per heavy atom. The van der Waals surface area contributed by atoms with Crippen molar-refractivity contribution in [2.75, 3.05) is 4.90 Å². The first-order valence-electron chi connectivity index (χ1n) is 27.7. The molecule has 0 unspecified atom stereocenters. The van der Waals surface area contributed by atoms with Crippen LogP contribution >= 0.6 is 0 Å². The van der Waals surface area contributed by atoms with Gasteiger partial charge >= 0.3 is 0 Å². The van der Waals surface area contributed by atoms with Gasteiger partial charge in [-0.25, -0.2) is 4.98 Å². The summed E-state index contributed by atoms with van der Waals surface area (Å²) in [6.45, 7) is 35.0. The van der Waals surface area contributed by atoms with Crippen LogP contribution in [0.25, 0.3) is 61.2 Å². The van der Waals surface area contributed by atoms with Crippen LogP contribution in [0.5, 0.6) is 11.5 Å². The van der Waals surface area contributed by atoms with E-state index in [-0.39, 0.29) is 28.4 Å². The third kappa shape index (κ3) is 7.08. The monoisotopic (exact) mass is 996 g/mol. The summed E-state index contributed by atoms with van der Waals surface area (Å²) in [5.41, 5.74) is 24.2. The van der Waals surface area contributed by atoms with Gasteiger partial charge in [0.25, 0.3) is 6.71 Å². The highest BCUT2D eigenvalue weighted by Gasteiger charge is 2.49. The van der Waals surface area contributed by atoms with Gasteiger partial charge in [-0.1, -0.05) is 201 Å². The number of benzene rings is 8. The Bertz CT molecular complexity index is 4060. The lowest BCUT2D eigenvalue weighted by molar-refractivity contribution is 0.486. The molecule has 6 heteroatoms. The molecule has 8 aromatic carbocycles. The van der Waals surface area contributed by atoms with Crippen molar-refractivity contribution in [2.24, 2.45) is 0 Å². The molecule has 0 bridgehead atoms. The molecule has 0 saturated carbocycles. The number of nitrogens with zero attached hydrogens (tertiary/aromatic N) is 3. The number of aromatic nitrogens is 2. The van der Waals surface area contributed by atoms with E-state index in [1.54, 1.807) is 0 Å². The SMILES string of the molecule is CC(C)c1cccc(C(C)C)c1-n1c(-c2cccc3c2oc2c(-c4cc5c6c(c4)N4c7ccc(C(C)(C)C)cc7C(C)(C)c7cc(C(C)(C)C)cc(c74)B6c4cc(C(C)(C)C)ccc4O5)cccc23)nc2ccccc21. The van der Waals surface area contributed by atoms with Crippen LogP contribution < -0.4 is 26.0 Å². The minimum Gasteiger partial charge on any atom is -0.458 e. The molecule has 76 heavy (non-hydrogen) atoms. The Labute approximate surface area is 450 Å². The number of fused-ring (bicyclic) bond motifs is 10. The van der Waals surface area contributed by atoms with Crippen molar-refractivity contribution in [1.29, 1.82) is 0 Å². The van der Waals surface area contributed by atoms with Crippen molar-refractivity contribution in [3.8, 4) is 39.7 Å². The Kier molecular flexibility index (Phi) is 10.4. The smallest absolute Gasteiger partial charge is 0.256 e. The molecule has 5 heterocycles. The number of furan rings is 1. The minimum absolute atomic E-state index is 0.0223. The number of hydrogen-bond donors (Lipinski definition) is 0. The van der Waals surface area contributed by atoms with Gasteiger partial charge in [0.05, 0.1) is 28.0 Å². The van der Waals surface area contributed by atoms with Crippen molar-refractivity contribution >= 4 is 73.1 Å².